The molecule has 0 aromatic heterocycles. The molecular weight excluding hydrogens is 320 g/mol. The molecule has 1 aromatic carbocycles. The Labute approximate surface area is 144 Å². The van der Waals surface area contributed by atoms with Crippen LogP contribution < -0.4 is 4.74 Å². The first kappa shape index (κ1) is 14.7. The molecule has 6 nitrogen and oxygen atoms in total. The maximum absolute atomic E-state index is 12.8. The van der Waals surface area contributed by atoms with E-state index in [4.69, 9.17) is 4.74 Å². The first-order valence-corrected chi connectivity index (χ1v) is 8.54. The first-order chi connectivity index (χ1) is 12.1. The molecule has 2 bridgehead atoms. The van der Waals surface area contributed by atoms with Crippen molar-refractivity contribution < 1.29 is 19.4 Å². The number of allylic oxidation sites excluding steroid dienone is 2. The first-order valence-electron chi connectivity index (χ1n) is 8.54. The fourth-order valence-electron chi connectivity index (χ4n) is 5.08. The Balaban J connectivity index is 1.42. The molecule has 6 heteroatoms. The zero-order valence-electron chi connectivity index (χ0n) is 13.8. The van der Waals surface area contributed by atoms with E-state index in [2.05, 4.69) is 17.3 Å². The smallest absolute Gasteiger partial charge is 0.254 e. The van der Waals surface area contributed by atoms with E-state index in [1.165, 1.54) is 19.4 Å². The molecule has 1 aromatic rings. The van der Waals surface area contributed by atoms with Crippen molar-refractivity contribution in [3.63, 3.8) is 0 Å². The number of carbonyl (C=O) groups is 2. The van der Waals surface area contributed by atoms with Crippen molar-refractivity contribution in [2.24, 2.45) is 34.2 Å². The number of benzene rings is 1. The molecule has 1 heterocycles. The number of phenols is 1. The Kier molecular flexibility index (Phi) is 2.77. The summed E-state index contributed by atoms with van der Waals surface area (Å²) in [6.07, 6.45) is 7.99. The second kappa shape index (κ2) is 4.71. The van der Waals surface area contributed by atoms with Gasteiger partial charge >= 0.3 is 0 Å². The number of fused-ring (bicyclic) bond motifs is 3. The van der Waals surface area contributed by atoms with Crippen molar-refractivity contribution in [2.75, 3.05) is 7.11 Å². The molecule has 1 aliphatic heterocycles. The van der Waals surface area contributed by atoms with Crippen molar-refractivity contribution in [3.05, 3.63) is 35.9 Å². The van der Waals surface area contributed by atoms with Crippen LogP contribution in [0.4, 0.5) is 0 Å². The van der Waals surface area contributed by atoms with E-state index < -0.39 is 0 Å². The van der Waals surface area contributed by atoms with Crippen LogP contribution in [0.5, 0.6) is 11.5 Å². The number of hydrogen-bond acceptors (Lipinski definition) is 5. The van der Waals surface area contributed by atoms with Gasteiger partial charge in [0.05, 0.1) is 25.2 Å². The van der Waals surface area contributed by atoms with E-state index in [0.717, 1.165) is 17.9 Å². The SMILES string of the molecule is COc1cc(C=NN2C(=O)[C@@H]3[C@H](C2=O)[C@H]2C=C[C@H]3C23CC3)ccc1O. The number of hydrogen-bond donors (Lipinski definition) is 1. The maximum Gasteiger partial charge on any atom is 0.254 e. The molecule has 1 N–H and O–H groups in total. The molecule has 0 unspecified atom stereocenters. The third-order valence-corrected chi connectivity index (χ3v) is 6.36. The number of amides is 2. The minimum absolute atomic E-state index is 0.0277. The van der Waals surface area contributed by atoms with Gasteiger partial charge in [-0.3, -0.25) is 9.59 Å². The molecule has 25 heavy (non-hydrogen) atoms. The number of hydrazone groups is 1. The molecule has 4 aliphatic rings. The molecule has 4 atom stereocenters. The second-order valence-corrected chi connectivity index (χ2v) is 7.39. The fraction of sp³-hybridized carbons (Fsp3) is 0.421. The number of phenolic OH excluding ortho intramolecular Hbond substituents is 1. The summed E-state index contributed by atoms with van der Waals surface area (Å²) in [5.41, 5.74) is 0.841. The van der Waals surface area contributed by atoms with E-state index >= 15 is 0 Å². The highest BCUT2D eigenvalue weighted by Crippen LogP contribution is 2.73. The summed E-state index contributed by atoms with van der Waals surface area (Å²) < 4.78 is 5.06. The highest BCUT2D eigenvalue weighted by molar-refractivity contribution is 6.07. The largest absolute Gasteiger partial charge is 0.504 e. The van der Waals surface area contributed by atoms with E-state index in [-0.39, 0.29) is 46.7 Å². The van der Waals surface area contributed by atoms with E-state index in [1.54, 1.807) is 12.1 Å². The predicted octanol–water partition coefficient (Wildman–Crippen LogP) is 1.93. The molecule has 3 fully saturated rings. The van der Waals surface area contributed by atoms with Gasteiger partial charge in [0.15, 0.2) is 11.5 Å². The highest BCUT2D eigenvalue weighted by Gasteiger charge is 2.73. The van der Waals surface area contributed by atoms with E-state index in [9.17, 15) is 14.7 Å². The zero-order valence-corrected chi connectivity index (χ0v) is 13.8. The average molecular weight is 338 g/mol. The van der Waals surface area contributed by atoms with Crippen LogP contribution in [-0.2, 0) is 9.59 Å². The van der Waals surface area contributed by atoms with Crippen LogP contribution in [0.1, 0.15) is 18.4 Å². The standard InChI is InChI=1S/C19H18N2O4/c1-25-14-8-10(2-5-13(14)22)9-20-21-17(23)15-11-3-4-12(16(15)18(21)24)19(11)6-7-19/h2-5,8-9,11-12,15-16,22H,6-7H2,1H3/t11-,12-,15-,16+/m1/s1. The summed E-state index contributed by atoms with van der Waals surface area (Å²) >= 11 is 0. The van der Waals surface area contributed by atoms with Crippen molar-refractivity contribution >= 4 is 18.0 Å². The number of rotatable bonds is 3. The predicted molar refractivity (Wildman–Crippen MR) is 88.9 cm³/mol. The Morgan fingerprint density at radius 1 is 1.20 bits per heavy atom. The lowest BCUT2D eigenvalue weighted by atomic mass is 9.85. The Morgan fingerprint density at radius 3 is 2.40 bits per heavy atom. The maximum atomic E-state index is 12.8. The quantitative estimate of drug-likeness (QED) is 0.519. The molecule has 3 aliphatic carbocycles. The number of carbonyl (C=O) groups excluding carboxylic acids is 2. The molecule has 2 saturated carbocycles. The number of nitrogens with zero attached hydrogens (tertiary/aromatic N) is 2. The number of ether oxygens (including phenoxy) is 1. The van der Waals surface area contributed by atoms with Gasteiger partial charge in [0, 0.05) is 0 Å². The summed E-state index contributed by atoms with van der Waals surface area (Å²) in [6.45, 7) is 0. The van der Waals surface area contributed by atoms with Gasteiger partial charge in [-0.05, 0) is 53.9 Å². The molecule has 5 rings (SSSR count). The molecule has 2 amide bonds. The molecule has 1 saturated heterocycles. The summed E-state index contributed by atoms with van der Waals surface area (Å²) in [5, 5.41) is 14.8. The lowest BCUT2D eigenvalue weighted by molar-refractivity contribution is -0.141. The van der Waals surface area contributed by atoms with Gasteiger partial charge in [-0.2, -0.15) is 10.1 Å². The van der Waals surface area contributed by atoms with E-state index in [0.29, 0.717) is 11.3 Å². The van der Waals surface area contributed by atoms with Gasteiger partial charge in [-0.25, -0.2) is 0 Å². The van der Waals surface area contributed by atoms with Crippen LogP contribution in [0.3, 0.4) is 0 Å². The van der Waals surface area contributed by atoms with Gasteiger partial charge in [0.2, 0.25) is 0 Å². The monoisotopic (exact) mass is 338 g/mol. The summed E-state index contributed by atoms with van der Waals surface area (Å²) in [5.74, 6) is -0.0909. The van der Waals surface area contributed by atoms with Crippen LogP contribution >= 0.6 is 0 Å². The topological polar surface area (TPSA) is 79.2 Å². The Bertz CT molecular complexity index is 821. The van der Waals surface area contributed by atoms with Crippen molar-refractivity contribution in [2.45, 2.75) is 12.8 Å². The summed E-state index contributed by atoms with van der Waals surface area (Å²) in [4.78, 5) is 25.6. The molecule has 128 valence electrons. The van der Waals surface area contributed by atoms with Gasteiger partial charge < -0.3 is 9.84 Å². The molecule has 0 radical (unpaired) electrons. The van der Waals surface area contributed by atoms with Gasteiger partial charge in [0.25, 0.3) is 11.8 Å². The molecule has 1 spiro atoms. The number of imide groups is 1. The van der Waals surface area contributed by atoms with Gasteiger partial charge in [-0.15, -0.1) is 0 Å². The third-order valence-electron chi connectivity index (χ3n) is 6.36. The minimum Gasteiger partial charge on any atom is -0.504 e. The number of aromatic hydroxyl groups is 1. The van der Waals surface area contributed by atoms with Crippen LogP contribution in [0.15, 0.2) is 35.5 Å². The minimum atomic E-state index is -0.239. The van der Waals surface area contributed by atoms with E-state index in [1.807, 2.05) is 0 Å². The second-order valence-electron chi connectivity index (χ2n) is 7.39. The normalized spacial score (nSPS) is 33.7. The van der Waals surface area contributed by atoms with Crippen LogP contribution in [0.2, 0.25) is 0 Å². The summed E-state index contributed by atoms with van der Waals surface area (Å²) in [6, 6.07) is 4.75. The van der Waals surface area contributed by atoms with Gasteiger partial charge in [-0.1, -0.05) is 12.2 Å². The Morgan fingerprint density at radius 2 is 1.84 bits per heavy atom. The summed E-state index contributed by atoms with van der Waals surface area (Å²) in [7, 11) is 1.46. The third kappa shape index (κ3) is 1.77. The van der Waals surface area contributed by atoms with Crippen LogP contribution in [0, 0.1) is 29.1 Å². The van der Waals surface area contributed by atoms with Crippen molar-refractivity contribution in [3.8, 4) is 11.5 Å². The Hall–Kier alpha value is -2.63. The van der Waals surface area contributed by atoms with Crippen LogP contribution in [-0.4, -0.2) is 35.3 Å². The lowest BCUT2D eigenvalue weighted by Crippen LogP contribution is -2.30. The van der Waals surface area contributed by atoms with Crippen molar-refractivity contribution in [1.29, 1.82) is 0 Å². The average Bonchev–Trinajstić information content (AvgIpc) is 3.21. The molecular formula is C19H18N2O4. The fourth-order valence-corrected chi connectivity index (χ4v) is 5.08. The van der Waals surface area contributed by atoms with Gasteiger partial charge in [0.1, 0.15) is 0 Å². The van der Waals surface area contributed by atoms with Crippen LogP contribution in [0.25, 0.3) is 0 Å². The zero-order chi connectivity index (χ0) is 17.3. The lowest BCUT2D eigenvalue weighted by Gasteiger charge is -2.18. The van der Waals surface area contributed by atoms with Crippen molar-refractivity contribution in [1.82, 2.24) is 5.01 Å². The highest BCUT2D eigenvalue weighted by atomic mass is 16.5. The number of methoxy groups -OCH3 is 1.